The second kappa shape index (κ2) is 5.78. The molecule has 0 saturated carbocycles. The van der Waals surface area contributed by atoms with Crippen LogP contribution < -0.4 is 11.0 Å². The number of carbonyl (C=O) groups excluding carboxylic acids is 1. The highest BCUT2D eigenvalue weighted by atomic mass is 32.2. The predicted octanol–water partition coefficient (Wildman–Crippen LogP) is 0.931. The minimum Gasteiger partial charge on any atom is -0.282 e. The van der Waals surface area contributed by atoms with Gasteiger partial charge < -0.3 is 0 Å². The summed E-state index contributed by atoms with van der Waals surface area (Å²) in [4.78, 5) is 11.7. The Morgan fingerprint density at radius 3 is 2.40 bits per heavy atom. The van der Waals surface area contributed by atoms with Crippen LogP contribution >= 0.6 is 0 Å². The molecule has 20 heavy (non-hydrogen) atoms. The highest BCUT2D eigenvalue weighted by Gasteiger charge is 2.21. The van der Waals surface area contributed by atoms with Crippen LogP contribution in [0.15, 0.2) is 29.2 Å². The van der Waals surface area contributed by atoms with E-state index in [2.05, 4.69) is 0 Å². The van der Waals surface area contributed by atoms with Crippen LogP contribution in [0.25, 0.3) is 0 Å². The lowest BCUT2D eigenvalue weighted by atomic mass is 10.2. The van der Waals surface area contributed by atoms with Crippen molar-refractivity contribution in [2.75, 3.05) is 11.7 Å². The number of hydrazine groups is 2. The number of anilines is 1. The van der Waals surface area contributed by atoms with Gasteiger partial charge in [-0.15, -0.1) is 0 Å². The van der Waals surface area contributed by atoms with E-state index in [0.29, 0.717) is 18.7 Å². The van der Waals surface area contributed by atoms with Crippen molar-refractivity contribution >= 4 is 21.7 Å². The Kier molecular flexibility index (Phi) is 4.26. The van der Waals surface area contributed by atoms with Crippen molar-refractivity contribution < 1.29 is 17.8 Å². The van der Waals surface area contributed by atoms with E-state index >= 15 is 0 Å². The van der Waals surface area contributed by atoms with Gasteiger partial charge in [0.15, 0.2) is 0 Å². The number of hydrogen-bond donors (Lipinski definition) is 2. The average molecular weight is 299 g/mol. The minimum absolute atomic E-state index is 0.0520. The lowest BCUT2D eigenvalue weighted by Gasteiger charge is -2.31. The number of rotatable bonds is 3. The molecule has 1 aromatic rings. The molecule has 1 fully saturated rings. The van der Waals surface area contributed by atoms with E-state index in [9.17, 15) is 13.2 Å². The normalized spacial score (nSPS) is 16.9. The highest BCUT2D eigenvalue weighted by Crippen LogP contribution is 2.20. The number of nitrogens with zero attached hydrogens (tertiary/aromatic N) is 2. The van der Waals surface area contributed by atoms with Gasteiger partial charge in [0.2, 0.25) is 5.91 Å². The van der Waals surface area contributed by atoms with E-state index in [1.54, 1.807) is 0 Å². The fourth-order valence-electron chi connectivity index (χ4n) is 2.11. The molecule has 7 nitrogen and oxygen atoms in total. The smallest absolute Gasteiger partial charge is 0.282 e. The molecule has 0 bridgehead atoms. The fraction of sp³-hybridized carbons (Fsp3) is 0.417. The maximum Gasteiger partial charge on any atom is 0.294 e. The summed E-state index contributed by atoms with van der Waals surface area (Å²) in [5.74, 6) is 5.86. The first-order valence-corrected chi connectivity index (χ1v) is 7.76. The third kappa shape index (κ3) is 3.27. The van der Waals surface area contributed by atoms with Crippen LogP contribution in [0.3, 0.4) is 0 Å². The summed E-state index contributed by atoms with van der Waals surface area (Å²) in [5.41, 5.74) is 0.479. The van der Waals surface area contributed by atoms with Crippen LogP contribution in [0.5, 0.6) is 0 Å². The number of carbonyl (C=O) groups is 1. The predicted molar refractivity (Wildman–Crippen MR) is 73.1 cm³/mol. The Labute approximate surface area is 117 Å². The van der Waals surface area contributed by atoms with Gasteiger partial charge in [-0.05, 0) is 37.1 Å². The summed E-state index contributed by atoms with van der Waals surface area (Å²) < 4.78 is 30.8. The van der Waals surface area contributed by atoms with Gasteiger partial charge in [0, 0.05) is 13.0 Å². The molecule has 1 amide bonds. The molecule has 0 unspecified atom stereocenters. The maximum absolute atomic E-state index is 11.9. The largest absolute Gasteiger partial charge is 0.294 e. The third-order valence-corrected chi connectivity index (χ3v) is 4.08. The highest BCUT2D eigenvalue weighted by molar-refractivity contribution is 7.85. The molecule has 0 aromatic heterocycles. The fourth-order valence-corrected chi connectivity index (χ4v) is 2.59. The topological polar surface area (TPSA) is 104 Å². The van der Waals surface area contributed by atoms with Crippen molar-refractivity contribution in [1.82, 2.24) is 5.01 Å². The molecule has 1 aromatic carbocycles. The molecule has 8 heteroatoms. The van der Waals surface area contributed by atoms with E-state index in [0.717, 1.165) is 19.3 Å². The average Bonchev–Trinajstić information content (AvgIpc) is 2.62. The van der Waals surface area contributed by atoms with Gasteiger partial charge in [0.1, 0.15) is 0 Å². The second-order valence-electron chi connectivity index (χ2n) is 4.64. The number of amides is 1. The van der Waals surface area contributed by atoms with Crippen molar-refractivity contribution in [2.24, 2.45) is 5.84 Å². The molecule has 110 valence electrons. The van der Waals surface area contributed by atoms with Crippen LogP contribution in [-0.2, 0) is 14.9 Å². The van der Waals surface area contributed by atoms with Crippen LogP contribution in [-0.4, -0.2) is 30.4 Å². The molecule has 0 radical (unpaired) electrons. The van der Waals surface area contributed by atoms with E-state index in [4.69, 9.17) is 10.4 Å². The summed E-state index contributed by atoms with van der Waals surface area (Å²) >= 11 is 0. The minimum atomic E-state index is -4.23. The van der Waals surface area contributed by atoms with Gasteiger partial charge >= 0.3 is 0 Å². The summed E-state index contributed by atoms with van der Waals surface area (Å²) in [6.07, 6.45) is 3.17. The molecule has 2 rings (SSSR count). The first kappa shape index (κ1) is 14.8. The lowest BCUT2D eigenvalue weighted by molar-refractivity contribution is -0.131. The summed E-state index contributed by atoms with van der Waals surface area (Å²) in [5, 5.41) is 2.68. The number of hydrogen-bond acceptors (Lipinski definition) is 5. The molecule has 3 N–H and O–H groups in total. The molecule has 0 aliphatic carbocycles. The zero-order valence-corrected chi connectivity index (χ0v) is 11.7. The molecule has 0 atom stereocenters. The third-order valence-electron chi connectivity index (χ3n) is 3.21. The zero-order valence-electron chi connectivity index (χ0n) is 10.9. The Balaban J connectivity index is 2.20. The van der Waals surface area contributed by atoms with Gasteiger partial charge in [-0.1, -0.05) is 6.42 Å². The van der Waals surface area contributed by atoms with Crippen molar-refractivity contribution in [3.8, 4) is 0 Å². The monoisotopic (exact) mass is 299 g/mol. The van der Waals surface area contributed by atoms with Crippen molar-refractivity contribution in [2.45, 2.75) is 30.6 Å². The molecule has 1 aliphatic rings. The quantitative estimate of drug-likeness (QED) is 0.489. The van der Waals surface area contributed by atoms with Gasteiger partial charge in [0.25, 0.3) is 10.1 Å². The standard InChI is InChI=1S/C12H17N3O4S/c13-15(14-9-3-1-2-4-12(14)16)10-5-7-11(8-6-10)20(17,18)19/h5-8H,1-4,9,13H2,(H,17,18,19). The Bertz CT molecular complexity index is 585. The summed E-state index contributed by atoms with van der Waals surface area (Å²) in [7, 11) is -4.23. The number of nitrogens with two attached hydrogens (primary N) is 1. The van der Waals surface area contributed by atoms with Crippen LogP contribution in [0, 0.1) is 0 Å². The maximum atomic E-state index is 11.9. The first-order valence-electron chi connectivity index (χ1n) is 6.32. The molecular weight excluding hydrogens is 282 g/mol. The number of benzene rings is 1. The Morgan fingerprint density at radius 1 is 1.15 bits per heavy atom. The molecular formula is C12H17N3O4S. The molecule has 1 saturated heterocycles. The van der Waals surface area contributed by atoms with Crippen molar-refractivity contribution in [3.63, 3.8) is 0 Å². The zero-order chi connectivity index (χ0) is 14.8. The van der Waals surface area contributed by atoms with Crippen LogP contribution in [0.4, 0.5) is 5.69 Å². The SMILES string of the molecule is NN(c1ccc(S(=O)(=O)O)cc1)N1CCCCCC1=O. The molecule has 0 spiro atoms. The lowest BCUT2D eigenvalue weighted by Crippen LogP contribution is -2.51. The molecule has 1 aliphatic heterocycles. The Morgan fingerprint density at radius 2 is 1.80 bits per heavy atom. The van der Waals surface area contributed by atoms with E-state index in [-0.39, 0.29) is 10.8 Å². The van der Waals surface area contributed by atoms with E-state index in [1.165, 1.54) is 34.4 Å². The second-order valence-corrected chi connectivity index (χ2v) is 6.06. The van der Waals surface area contributed by atoms with Crippen LogP contribution in [0.2, 0.25) is 0 Å². The Hall–Kier alpha value is -1.64. The van der Waals surface area contributed by atoms with Gasteiger partial charge in [-0.25, -0.2) is 16.0 Å². The molecule has 1 heterocycles. The van der Waals surface area contributed by atoms with E-state index in [1.807, 2.05) is 0 Å². The summed E-state index contributed by atoms with van der Waals surface area (Å²) in [6, 6.07) is 5.38. The van der Waals surface area contributed by atoms with Crippen molar-refractivity contribution in [3.05, 3.63) is 24.3 Å². The van der Waals surface area contributed by atoms with Crippen LogP contribution in [0.1, 0.15) is 25.7 Å². The van der Waals surface area contributed by atoms with Crippen molar-refractivity contribution in [1.29, 1.82) is 0 Å². The summed E-state index contributed by atoms with van der Waals surface area (Å²) in [6.45, 7) is 0.537. The van der Waals surface area contributed by atoms with Gasteiger partial charge in [-0.2, -0.15) is 8.42 Å². The first-order chi connectivity index (χ1) is 9.39. The van der Waals surface area contributed by atoms with Gasteiger partial charge in [0.05, 0.1) is 10.6 Å². The van der Waals surface area contributed by atoms with E-state index < -0.39 is 10.1 Å². The van der Waals surface area contributed by atoms with Gasteiger partial charge in [-0.3, -0.25) is 9.35 Å².